The maximum absolute atomic E-state index is 12.3. The van der Waals surface area contributed by atoms with Crippen molar-refractivity contribution >= 4 is 35.5 Å². The molecule has 1 N–H and O–H groups in total. The smallest absolute Gasteiger partial charge is 0.250 e. The van der Waals surface area contributed by atoms with Gasteiger partial charge >= 0.3 is 0 Å². The number of carbonyl (C=O) groups excluding carboxylic acids is 1. The minimum Gasteiger partial charge on any atom is -0.350 e. The number of carbonyl (C=O) groups is 1. The molecule has 0 radical (unpaired) electrons. The third kappa shape index (κ3) is 5.09. The average molecular weight is 465 g/mol. The lowest BCUT2D eigenvalue weighted by molar-refractivity contribution is -0.118. The largest absolute Gasteiger partial charge is 0.350 e. The first-order valence-electron chi connectivity index (χ1n) is 9.86. The predicted molar refractivity (Wildman–Crippen MR) is 128 cm³/mol. The number of nitrogens with one attached hydrogen (secondary N) is 1. The summed E-state index contributed by atoms with van der Waals surface area (Å²) < 4.78 is 3.85. The van der Waals surface area contributed by atoms with E-state index in [1.165, 1.54) is 11.8 Å². The Balaban J connectivity index is 1.53. The third-order valence-electron chi connectivity index (χ3n) is 4.73. The van der Waals surface area contributed by atoms with Gasteiger partial charge in [0.25, 0.3) is 5.91 Å². The van der Waals surface area contributed by atoms with Crippen molar-refractivity contribution in [2.75, 3.05) is 5.75 Å². The van der Waals surface area contributed by atoms with Crippen molar-refractivity contribution in [1.82, 2.24) is 24.8 Å². The van der Waals surface area contributed by atoms with Crippen LogP contribution >= 0.6 is 23.4 Å². The van der Waals surface area contributed by atoms with Crippen LogP contribution in [0.15, 0.2) is 77.1 Å². The van der Waals surface area contributed by atoms with Gasteiger partial charge in [-0.05, 0) is 55.5 Å². The monoisotopic (exact) mass is 464 g/mol. The summed E-state index contributed by atoms with van der Waals surface area (Å²) in [7, 11) is 1.91. The molecule has 9 heteroatoms. The van der Waals surface area contributed by atoms with E-state index < -0.39 is 0 Å². The molecule has 162 valence electrons. The zero-order chi connectivity index (χ0) is 22.5. The van der Waals surface area contributed by atoms with Gasteiger partial charge in [0.05, 0.1) is 17.7 Å². The van der Waals surface area contributed by atoms with Crippen molar-refractivity contribution in [2.45, 2.75) is 12.1 Å². The van der Waals surface area contributed by atoms with Crippen molar-refractivity contribution in [2.24, 2.45) is 12.1 Å². The van der Waals surface area contributed by atoms with Crippen LogP contribution in [0.4, 0.5) is 0 Å². The first kappa shape index (κ1) is 21.9. The third-order valence-corrected chi connectivity index (χ3v) is 5.91. The number of hydrogen-bond donors (Lipinski definition) is 1. The summed E-state index contributed by atoms with van der Waals surface area (Å²) in [6.07, 6.45) is 3.52. The standard InChI is InChI=1S/C23H21ClN6OS/c1-16-5-11-19(12-6-16)30-22(17-7-9-18(24)10-8-17)27-28-23(30)32-15-21(31)26-25-14-20-4-3-13-29(20)2/h3-14H,15H2,1-2H3,(H,26,31). The molecule has 0 atom stereocenters. The maximum atomic E-state index is 12.3. The van der Waals surface area contributed by atoms with Crippen LogP contribution in [0.1, 0.15) is 11.3 Å². The normalized spacial score (nSPS) is 11.2. The molecule has 0 unspecified atom stereocenters. The Hall–Kier alpha value is -3.36. The second-order valence-corrected chi connectivity index (χ2v) is 8.49. The van der Waals surface area contributed by atoms with Gasteiger partial charge in [0.2, 0.25) is 0 Å². The molecular weight excluding hydrogens is 444 g/mol. The number of hydrogen-bond acceptors (Lipinski definition) is 5. The molecule has 4 rings (SSSR count). The number of halogens is 1. The second-order valence-electron chi connectivity index (χ2n) is 7.11. The summed E-state index contributed by atoms with van der Waals surface area (Å²) in [4.78, 5) is 12.3. The summed E-state index contributed by atoms with van der Waals surface area (Å²) in [6.45, 7) is 2.03. The van der Waals surface area contributed by atoms with Gasteiger partial charge in [0.1, 0.15) is 0 Å². The number of aryl methyl sites for hydroxylation is 2. The molecule has 0 aliphatic heterocycles. The molecule has 32 heavy (non-hydrogen) atoms. The molecule has 7 nitrogen and oxygen atoms in total. The highest BCUT2D eigenvalue weighted by Gasteiger charge is 2.17. The zero-order valence-corrected chi connectivity index (χ0v) is 19.1. The van der Waals surface area contributed by atoms with Gasteiger partial charge in [-0.2, -0.15) is 5.10 Å². The molecule has 0 aliphatic rings. The Labute approximate surface area is 195 Å². The van der Waals surface area contributed by atoms with Gasteiger partial charge < -0.3 is 4.57 Å². The SMILES string of the molecule is Cc1ccc(-n2c(SCC(=O)NN=Cc3cccn3C)nnc2-c2ccc(Cl)cc2)cc1. The van der Waals surface area contributed by atoms with Gasteiger partial charge in [-0.25, -0.2) is 5.43 Å². The van der Waals surface area contributed by atoms with Crippen molar-refractivity contribution in [3.63, 3.8) is 0 Å². The Bertz CT molecular complexity index is 1240. The van der Waals surface area contributed by atoms with Crippen molar-refractivity contribution in [3.8, 4) is 17.1 Å². The lowest BCUT2D eigenvalue weighted by Gasteiger charge is -2.10. The first-order valence-corrected chi connectivity index (χ1v) is 11.2. The minimum atomic E-state index is -0.230. The van der Waals surface area contributed by atoms with E-state index in [1.807, 2.05) is 90.0 Å². The lowest BCUT2D eigenvalue weighted by atomic mass is 10.2. The fourth-order valence-electron chi connectivity index (χ4n) is 3.02. The van der Waals surface area contributed by atoms with E-state index >= 15 is 0 Å². The molecular formula is C23H21ClN6OS. The van der Waals surface area contributed by atoms with E-state index in [9.17, 15) is 4.79 Å². The number of aromatic nitrogens is 4. The second kappa shape index (κ2) is 9.84. The van der Waals surface area contributed by atoms with Crippen LogP contribution in [0.2, 0.25) is 5.02 Å². The lowest BCUT2D eigenvalue weighted by Crippen LogP contribution is -2.20. The Kier molecular flexibility index (Phi) is 6.72. The number of nitrogens with zero attached hydrogens (tertiary/aromatic N) is 5. The summed E-state index contributed by atoms with van der Waals surface area (Å²) in [5.74, 6) is 0.594. The molecule has 2 heterocycles. The fourth-order valence-corrected chi connectivity index (χ4v) is 3.89. The van der Waals surface area contributed by atoms with Gasteiger partial charge in [-0.3, -0.25) is 9.36 Å². The fraction of sp³-hybridized carbons (Fsp3) is 0.130. The van der Waals surface area contributed by atoms with E-state index in [0.717, 1.165) is 22.5 Å². The highest BCUT2D eigenvalue weighted by atomic mass is 35.5. The highest BCUT2D eigenvalue weighted by molar-refractivity contribution is 7.99. The summed E-state index contributed by atoms with van der Waals surface area (Å²) in [5.41, 5.74) is 6.39. The Morgan fingerprint density at radius 1 is 1.12 bits per heavy atom. The molecule has 0 bridgehead atoms. The molecule has 2 aromatic heterocycles. The van der Waals surface area contributed by atoms with E-state index in [1.54, 1.807) is 6.21 Å². The molecule has 0 fully saturated rings. The Morgan fingerprint density at radius 2 is 1.88 bits per heavy atom. The zero-order valence-electron chi connectivity index (χ0n) is 17.6. The summed E-state index contributed by atoms with van der Waals surface area (Å²) >= 11 is 7.34. The van der Waals surface area contributed by atoms with Crippen molar-refractivity contribution < 1.29 is 4.79 Å². The molecule has 0 saturated carbocycles. The Morgan fingerprint density at radius 3 is 2.56 bits per heavy atom. The van der Waals surface area contributed by atoms with Crippen LogP contribution < -0.4 is 5.43 Å². The van der Waals surface area contributed by atoms with E-state index in [0.29, 0.717) is 16.0 Å². The maximum Gasteiger partial charge on any atom is 0.250 e. The van der Waals surface area contributed by atoms with Gasteiger partial charge in [-0.1, -0.05) is 41.1 Å². The van der Waals surface area contributed by atoms with Crippen molar-refractivity contribution in [1.29, 1.82) is 0 Å². The summed E-state index contributed by atoms with van der Waals surface area (Å²) in [6, 6.07) is 19.3. The van der Waals surface area contributed by atoms with Crippen LogP contribution in [0.25, 0.3) is 17.1 Å². The van der Waals surface area contributed by atoms with E-state index in [4.69, 9.17) is 11.6 Å². The van der Waals surface area contributed by atoms with Gasteiger partial charge in [0, 0.05) is 29.5 Å². The van der Waals surface area contributed by atoms with Crippen molar-refractivity contribution in [3.05, 3.63) is 83.1 Å². The number of amides is 1. The predicted octanol–water partition coefficient (Wildman–Crippen LogP) is 4.48. The molecule has 0 saturated heterocycles. The molecule has 1 amide bonds. The number of benzene rings is 2. The van der Waals surface area contributed by atoms with Gasteiger partial charge in [-0.15, -0.1) is 10.2 Å². The first-order chi connectivity index (χ1) is 15.5. The van der Waals surface area contributed by atoms with Crippen LogP contribution in [-0.4, -0.2) is 37.2 Å². The van der Waals surface area contributed by atoms with Crippen LogP contribution in [0.5, 0.6) is 0 Å². The van der Waals surface area contributed by atoms with Crippen LogP contribution in [0.3, 0.4) is 0 Å². The molecule has 0 spiro atoms. The van der Waals surface area contributed by atoms with E-state index in [-0.39, 0.29) is 11.7 Å². The molecule has 2 aromatic carbocycles. The average Bonchev–Trinajstić information content (AvgIpc) is 3.40. The topological polar surface area (TPSA) is 77.1 Å². The van der Waals surface area contributed by atoms with Gasteiger partial charge in [0.15, 0.2) is 11.0 Å². The number of rotatable bonds is 7. The van der Waals surface area contributed by atoms with E-state index in [2.05, 4.69) is 20.7 Å². The summed E-state index contributed by atoms with van der Waals surface area (Å²) in [5, 5.41) is 14.0. The molecule has 4 aromatic rings. The highest BCUT2D eigenvalue weighted by Crippen LogP contribution is 2.28. The molecule has 0 aliphatic carbocycles. The minimum absolute atomic E-state index is 0.148. The van der Waals surface area contributed by atoms with Crippen LogP contribution in [-0.2, 0) is 11.8 Å². The number of hydrazone groups is 1. The van der Waals surface area contributed by atoms with Crippen LogP contribution in [0, 0.1) is 6.92 Å². The quantitative estimate of drug-likeness (QED) is 0.248. The number of thioether (sulfide) groups is 1.